The van der Waals surface area contributed by atoms with Crippen LogP contribution in [-0.4, -0.2) is 18.9 Å². The molecule has 0 aliphatic carbocycles. The lowest BCUT2D eigenvalue weighted by Crippen LogP contribution is -1.99. The van der Waals surface area contributed by atoms with E-state index < -0.39 is 0 Å². The molecular formula is C36H22N4. The summed E-state index contributed by atoms with van der Waals surface area (Å²) < 4.78 is 4.77. The number of fused-ring (bicyclic) bond motifs is 12. The molecule has 4 heteroatoms. The van der Waals surface area contributed by atoms with Crippen LogP contribution in [0.25, 0.3) is 76.8 Å². The number of hydrogen-bond acceptors (Lipinski definition) is 2. The Morgan fingerprint density at radius 1 is 0.500 bits per heavy atom. The van der Waals surface area contributed by atoms with E-state index in [0.29, 0.717) is 0 Å². The highest BCUT2D eigenvalue weighted by atomic mass is 15.1. The smallest absolute Gasteiger partial charge is 0.138 e. The second-order valence-electron chi connectivity index (χ2n) is 10.3. The van der Waals surface area contributed by atoms with E-state index in [1.54, 1.807) is 0 Å². The van der Waals surface area contributed by atoms with Crippen molar-refractivity contribution in [2.45, 2.75) is 0 Å². The van der Waals surface area contributed by atoms with Gasteiger partial charge in [-0.25, -0.2) is 4.98 Å². The second-order valence-corrected chi connectivity index (χ2v) is 10.3. The SMILES string of the molecule is c1cncc(-c2ccnc(-n3c4ccccc4c4ccc5c(c6ccccc6c6cc7ccccc7n65)c43)c2)c1. The van der Waals surface area contributed by atoms with E-state index in [2.05, 4.69) is 123 Å². The molecule has 0 N–H and O–H groups in total. The third-order valence-corrected chi connectivity index (χ3v) is 8.21. The molecule has 0 saturated heterocycles. The van der Waals surface area contributed by atoms with E-state index in [4.69, 9.17) is 4.98 Å². The molecule has 5 aromatic heterocycles. The lowest BCUT2D eigenvalue weighted by atomic mass is 10.0. The highest BCUT2D eigenvalue weighted by Crippen LogP contribution is 2.41. The number of hydrogen-bond donors (Lipinski definition) is 0. The van der Waals surface area contributed by atoms with Gasteiger partial charge >= 0.3 is 0 Å². The molecule has 0 bridgehead atoms. The number of para-hydroxylation sites is 2. The van der Waals surface area contributed by atoms with Gasteiger partial charge in [0.2, 0.25) is 0 Å². The Morgan fingerprint density at radius 3 is 2.12 bits per heavy atom. The summed E-state index contributed by atoms with van der Waals surface area (Å²) in [5.41, 5.74) is 8.10. The van der Waals surface area contributed by atoms with Crippen molar-refractivity contribution in [3.63, 3.8) is 0 Å². The first-order valence-electron chi connectivity index (χ1n) is 13.5. The molecule has 0 spiro atoms. The molecule has 4 nitrogen and oxygen atoms in total. The largest absolute Gasteiger partial charge is 0.309 e. The van der Waals surface area contributed by atoms with E-state index in [1.165, 1.54) is 54.4 Å². The van der Waals surface area contributed by atoms with Crippen LogP contribution in [0.3, 0.4) is 0 Å². The standard InChI is InChI=1S/C36H22N4/c1-5-13-30-24(8-1)20-33-26-10-2-3-12-28(26)35-32(39(30)33)16-15-29-27-11-4-6-14-31(27)40(36(29)35)34-21-23(17-19-38-34)25-9-7-18-37-22-25/h1-22H. The Bertz CT molecular complexity index is 2430. The van der Waals surface area contributed by atoms with E-state index in [0.717, 1.165) is 22.5 Å². The van der Waals surface area contributed by atoms with Gasteiger partial charge in [0.05, 0.1) is 27.6 Å². The fourth-order valence-electron chi connectivity index (χ4n) is 6.53. The first-order chi connectivity index (χ1) is 19.9. The summed E-state index contributed by atoms with van der Waals surface area (Å²) >= 11 is 0. The summed E-state index contributed by atoms with van der Waals surface area (Å²) in [6, 6.07) is 41.3. The zero-order valence-corrected chi connectivity index (χ0v) is 21.5. The monoisotopic (exact) mass is 510 g/mol. The maximum atomic E-state index is 4.93. The first kappa shape index (κ1) is 21.5. The van der Waals surface area contributed by atoms with Crippen molar-refractivity contribution in [1.82, 2.24) is 18.9 Å². The van der Waals surface area contributed by atoms with Gasteiger partial charge in [0.25, 0.3) is 0 Å². The molecule has 0 saturated carbocycles. The third-order valence-electron chi connectivity index (χ3n) is 8.21. The van der Waals surface area contributed by atoms with E-state index >= 15 is 0 Å². The average Bonchev–Trinajstić information content (AvgIpc) is 3.58. The van der Waals surface area contributed by atoms with Gasteiger partial charge in [-0.15, -0.1) is 0 Å². The molecule has 186 valence electrons. The van der Waals surface area contributed by atoms with Gasteiger partial charge in [0, 0.05) is 51.1 Å². The highest BCUT2D eigenvalue weighted by Gasteiger charge is 2.20. The Kier molecular flexibility index (Phi) is 4.30. The Balaban J connectivity index is 1.52. The molecule has 4 aromatic carbocycles. The van der Waals surface area contributed by atoms with E-state index in [9.17, 15) is 0 Å². The van der Waals surface area contributed by atoms with E-state index in [-0.39, 0.29) is 0 Å². The molecule has 40 heavy (non-hydrogen) atoms. The number of benzene rings is 4. The van der Waals surface area contributed by atoms with Crippen LogP contribution in [0.2, 0.25) is 0 Å². The third kappa shape index (κ3) is 2.85. The lowest BCUT2D eigenvalue weighted by molar-refractivity contribution is 1.08. The topological polar surface area (TPSA) is 35.1 Å². The van der Waals surface area contributed by atoms with Gasteiger partial charge in [-0.1, -0.05) is 72.8 Å². The van der Waals surface area contributed by atoms with Gasteiger partial charge in [0.15, 0.2) is 0 Å². The van der Waals surface area contributed by atoms with Crippen molar-refractivity contribution in [2.24, 2.45) is 0 Å². The van der Waals surface area contributed by atoms with Gasteiger partial charge in [-0.05, 0) is 53.4 Å². The highest BCUT2D eigenvalue weighted by molar-refractivity contribution is 6.27. The summed E-state index contributed by atoms with van der Waals surface area (Å²) in [6.45, 7) is 0. The molecule has 0 fully saturated rings. The molecule has 0 aliphatic heterocycles. The van der Waals surface area contributed by atoms with Crippen molar-refractivity contribution in [2.75, 3.05) is 0 Å². The minimum Gasteiger partial charge on any atom is -0.309 e. The van der Waals surface area contributed by atoms with Gasteiger partial charge in [0.1, 0.15) is 5.82 Å². The van der Waals surface area contributed by atoms with Crippen LogP contribution in [0.5, 0.6) is 0 Å². The molecule has 9 rings (SSSR count). The minimum absolute atomic E-state index is 0.890. The van der Waals surface area contributed by atoms with Crippen molar-refractivity contribution in [3.05, 3.63) is 134 Å². The number of pyridine rings is 3. The van der Waals surface area contributed by atoms with Gasteiger partial charge < -0.3 is 4.40 Å². The van der Waals surface area contributed by atoms with Crippen molar-refractivity contribution < 1.29 is 0 Å². The van der Waals surface area contributed by atoms with Crippen molar-refractivity contribution in [1.29, 1.82) is 0 Å². The Morgan fingerprint density at radius 2 is 1.27 bits per heavy atom. The second kappa shape index (κ2) is 8.01. The van der Waals surface area contributed by atoms with Crippen LogP contribution in [0.4, 0.5) is 0 Å². The van der Waals surface area contributed by atoms with Crippen molar-refractivity contribution >= 4 is 59.9 Å². The van der Waals surface area contributed by atoms with Gasteiger partial charge in [-0.2, -0.15) is 0 Å². The van der Waals surface area contributed by atoms with Crippen LogP contribution in [0.1, 0.15) is 0 Å². The first-order valence-corrected chi connectivity index (χ1v) is 13.5. The van der Waals surface area contributed by atoms with Crippen LogP contribution in [-0.2, 0) is 0 Å². The van der Waals surface area contributed by atoms with Crippen LogP contribution in [0.15, 0.2) is 134 Å². The van der Waals surface area contributed by atoms with Gasteiger partial charge in [-0.3, -0.25) is 9.55 Å². The Hall–Kier alpha value is -5.48. The number of nitrogens with zero attached hydrogens (tertiary/aromatic N) is 4. The number of rotatable bonds is 2. The molecule has 0 atom stereocenters. The minimum atomic E-state index is 0.890. The van der Waals surface area contributed by atoms with Crippen molar-refractivity contribution in [3.8, 4) is 16.9 Å². The molecule has 0 amide bonds. The summed E-state index contributed by atoms with van der Waals surface area (Å²) in [5, 5.41) is 7.39. The maximum absolute atomic E-state index is 4.93. The summed E-state index contributed by atoms with van der Waals surface area (Å²) in [7, 11) is 0. The molecule has 0 radical (unpaired) electrons. The van der Waals surface area contributed by atoms with Crippen LogP contribution in [0, 0.1) is 0 Å². The normalized spacial score (nSPS) is 12.0. The molecule has 0 aliphatic rings. The molecule has 9 aromatic rings. The van der Waals surface area contributed by atoms with E-state index in [1.807, 2.05) is 24.7 Å². The summed E-state index contributed by atoms with van der Waals surface area (Å²) in [5.74, 6) is 0.890. The zero-order valence-electron chi connectivity index (χ0n) is 21.5. The fourth-order valence-corrected chi connectivity index (χ4v) is 6.53. The zero-order chi connectivity index (χ0) is 26.2. The van der Waals surface area contributed by atoms with Crippen LogP contribution >= 0.6 is 0 Å². The molecule has 0 unspecified atom stereocenters. The molecule has 5 heterocycles. The molecular weight excluding hydrogens is 488 g/mol. The summed E-state index contributed by atoms with van der Waals surface area (Å²) in [4.78, 5) is 9.28. The fraction of sp³-hybridized carbons (Fsp3) is 0. The maximum Gasteiger partial charge on any atom is 0.138 e. The number of aromatic nitrogens is 4. The predicted molar refractivity (Wildman–Crippen MR) is 165 cm³/mol. The summed E-state index contributed by atoms with van der Waals surface area (Å²) in [6.07, 6.45) is 5.61. The lowest BCUT2D eigenvalue weighted by Gasteiger charge is -2.14. The average molecular weight is 511 g/mol. The quantitative estimate of drug-likeness (QED) is 0.218. The van der Waals surface area contributed by atoms with Crippen LogP contribution < -0.4 is 0 Å². The Labute approximate surface area is 229 Å². The predicted octanol–water partition coefficient (Wildman–Crippen LogP) is 8.95.